The van der Waals surface area contributed by atoms with E-state index in [1.165, 1.54) is 0 Å². The van der Waals surface area contributed by atoms with E-state index in [0.29, 0.717) is 0 Å². The van der Waals surface area contributed by atoms with Gasteiger partial charge in [0.25, 0.3) is 0 Å². The second kappa shape index (κ2) is 4.20. The van der Waals surface area contributed by atoms with E-state index >= 15 is 0 Å². The Morgan fingerprint density at radius 3 is 2.36 bits per heavy atom. The van der Waals surface area contributed by atoms with E-state index in [0.717, 1.165) is 0 Å². The number of rotatable bonds is 3. The summed E-state index contributed by atoms with van der Waals surface area (Å²) < 4.78 is 34.3. The average molecular weight is 168 g/mol. The van der Waals surface area contributed by atoms with Gasteiger partial charge in [-0.2, -0.15) is 13.2 Å². The molecule has 1 radical (unpaired) electrons. The van der Waals surface area contributed by atoms with Crippen molar-refractivity contribution in [2.75, 3.05) is 6.54 Å². The molecule has 0 aromatic rings. The van der Waals surface area contributed by atoms with Gasteiger partial charge in [-0.3, -0.25) is 10.1 Å². The molecule has 2 nitrogen and oxygen atoms in total. The number of carbonyl (C=O) groups excluding carboxylic acids is 1. The maximum absolute atomic E-state index is 11.4. The first-order chi connectivity index (χ1) is 4.95. The van der Waals surface area contributed by atoms with Crippen LogP contribution in [0.25, 0.3) is 0 Å². The summed E-state index contributed by atoms with van der Waals surface area (Å²) in [6.07, 6.45) is -5.06. The van der Waals surface area contributed by atoms with Gasteiger partial charge in [0.2, 0.25) is 5.91 Å². The highest BCUT2D eigenvalue weighted by Gasteiger charge is 2.26. The monoisotopic (exact) mass is 168 g/mol. The van der Waals surface area contributed by atoms with Gasteiger partial charge in [-0.05, 0) is 0 Å². The van der Waals surface area contributed by atoms with Crippen LogP contribution < -0.4 is 5.32 Å². The minimum absolute atomic E-state index is 0.165. The van der Waals surface area contributed by atoms with Crippen molar-refractivity contribution in [1.29, 1.82) is 0 Å². The normalized spacial score (nSPS) is 11.3. The van der Waals surface area contributed by atoms with E-state index in [-0.39, 0.29) is 6.42 Å². The zero-order chi connectivity index (χ0) is 8.91. The molecule has 0 fully saturated rings. The number of nitrogens with zero attached hydrogens (tertiary/aromatic N) is 1. The van der Waals surface area contributed by atoms with E-state index in [9.17, 15) is 18.0 Å². The summed E-state index contributed by atoms with van der Waals surface area (Å²) >= 11 is 0. The fraction of sp³-hybridized carbons (Fsp3) is 0.833. The Morgan fingerprint density at radius 2 is 2.00 bits per heavy atom. The van der Waals surface area contributed by atoms with Gasteiger partial charge in [-0.25, -0.2) is 0 Å². The Morgan fingerprint density at radius 1 is 1.45 bits per heavy atom. The fourth-order valence-electron chi connectivity index (χ4n) is 0.419. The topological polar surface area (TPSA) is 31.2 Å². The van der Waals surface area contributed by atoms with Crippen LogP contribution >= 0.6 is 0 Å². The lowest BCUT2D eigenvalue weighted by molar-refractivity contribution is -0.135. The van der Waals surface area contributed by atoms with Crippen molar-refractivity contribution < 1.29 is 18.0 Å². The Labute approximate surface area is 62.8 Å². The largest absolute Gasteiger partial charge is 0.390 e. The molecule has 0 aromatic carbocycles. The lowest BCUT2D eigenvalue weighted by Gasteiger charge is -2.04. The van der Waals surface area contributed by atoms with Crippen LogP contribution in [-0.4, -0.2) is 18.6 Å². The molecule has 0 aliphatic rings. The van der Waals surface area contributed by atoms with Crippen molar-refractivity contribution in [2.24, 2.45) is 0 Å². The van der Waals surface area contributed by atoms with Crippen LogP contribution in [0.3, 0.4) is 0 Å². The predicted octanol–water partition coefficient (Wildman–Crippen LogP) is 1.48. The predicted molar refractivity (Wildman–Crippen MR) is 33.0 cm³/mol. The van der Waals surface area contributed by atoms with Crippen molar-refractivity contribution in [3.63, 3.8) is 0 Å². The second-order valence-electron chi connectivity index (χ2n) is 1.99. The molecule has 0 aliphatic heterocycles. The average Bonchev–Trinajstić information content (AvgIpc) is 1.85. The number of carbonyl (C=O) groups is 1. The molecule has 0 atom stereocenters. The number of alkyl halides is 3. The Kier molecular flexibility index (Phi) is 3.92. The standard InChI is InChI=1S/C6H9F3NO/c1-2-5(11)10-4-3-6(7,8)9/h2-4H2,1H3. The zero-order valence-electron chi connectivity index (χ0n) is 6.11. The molecule has 0 aromatic heterocycles. The summed E-state index contributed by atoms with van der Waals surface area (Å²) in [7, 11) is 0. The minimum Gasteiger partial charge on any atom is -0.273 e. The number of hydrogen-bond acceptors (Lipinski definition) is 1. The highest BCUT2D eigenvalue weighted by Crippen LogP contribution is 2.18. The van der Waals surface area contributed by atoms with E-state index in [1.54, 1.807) is 6.92 Å². The Hall–Kier alpha value is -0.740. The summed E-state index contributed by atoms with van der Waals surface area (Å²) in [5.74, 6) is -0.478. The van der Waals surface area contributed by atoms with Crippen LogP contribution in [0.15, 0.2) is 0 Å². The van der Waals surface area contributed by atoms with Crippen LogP contribution in [0, 0.1) is 0 Å². The first kappa shape index (κ1) is 10.3. The third-order valence-electron chi connectivity index (χ3n) is 0.986. The van der Waals surface area contributed by atoms with Crippen LogP contribution in [0.1, 0.15) is 19.8 Å². The zero-order valence-corrected chi connectivity index (χ0v) is 6.11. The van der Waals surface area contributed by atoms with Gasteiger partial charge in [-0.1, -0.05) is 6.92 Å². The molecule has 0 rings (SSSR count). The van der Waals surface area contributed by atoms with Crippen LogP contribution in [0.4, 0.5) is 13.2 Å². The van der Waals surface area contributed by atoms with E-state index < -0.39 is 25.0 Å². The van der Waals surface area contributed by atoms with Crippen LogP contribution in [0.2, 0.25) is 0 Å². The van der Waals surface area contributed by atoms with Crippen molar-refractivity contribution in [2.45, 2.75) is 25.9 Å². The molecule has 0 aliphatic carbocycles. The molecule has 0 heterocycles. The molecule has 0 bridgehead atoms. The van der Waals surface area contributed by atoms with Crippen molar-refractivity contribution >= 4 is 5.91 Å². The third kappa shape index (κ3) is 7.15. The van der Waals surface area contributed by atoms with Gasteiger partial charge in [0.15, 0.2) is 0 Å². The lowest BCUT2D eigenvalue weighted by Crippen LogP contribution is -2.20. The van der Waals surface area contributed by atoms with Gasteiger partial charge in [0, 0.05) is 6.42 Å². The van der Waals surface area contributed by atoms with Gasteiger partial charge in [0.05, 0.1) is 13.0 Å². The molecule has 5 heteroatoms. The quantitative estimate of drug-likeness (QED) is 0.627. The molecular formula is C6H9F3NO. The smallest absolute Gasteiger partial charge is 0.273 e. The summed E-state index contributed by atoms with van der Waals surface area (Å²) in [5.41, 5.74) is 0. The number of hydrogen-bond donors (Lipinski definition) is 0. The molecular weight excluding hydrogens is 159 g/mol. The van der Waals surface area contributed by atoms with Crippen molar-refractivity contribution in [3.05, 3.63) is 0 Å². The maximum Gasteiger partial charge on any atom is 0.390 e. The van der Waals surface area contributed by atoms with Crippen molar-refractivity contribution in [1.82, 2.24) is 5.32 Å². The van der Waals surface area contributed by atoms with Crippen LogP contribution in [0.5, 0.6) is 0 Å². The molecule has 0 unspecified atom stereocenters. The van der Waals surface area contributed by atoms with Gasteiger partial charge >= 0.3 is 6.18 Å². The lowest BCUT2D eigenvalue weighted by atomic mass is 10.4. The Bertz CT molecular complexity index is 132. The van der Waals surface area contributed by atoms with Gasteiger partial charge in [0.1, 0.15) is 0 Å². The van der Waals surface area contributed by atoms with E-state index in [2.05, 4.69) is 5.32 Å². The van der Waals surface area contributed by atoms with Gasteiger partial charge < -0.3 is 0 Å². The molecule has 11 heavy (non-hydrogen) atoms. The molecule has 0 saturated heterocycles. The maximum atomic E-state index is 11.4. The second-order valence-corrected chi connectivity index (χ2v) is 1.99. The number of amides is 1. The summed E-state index contributed by atoms with van der Waals surface area (Å²) in [6.45, 7) is 1.11. The summed E-state index contributed by atoms with van der Waals surface area (Å²) in [6, 6.07) is 0. The van der Waals surface area contributed by atoms with Crippen LogP contribution in [-0.2, 0) is 4.79 Å². The SMILES string of the molecule is CCC(=O)[N]CCC(F)(F)F. The molecule has 0 saturated carbocycles. The fourth-order valence-corrected chi connectivity index (χ4v) is 0.419. The molecule has 1 amide bonds. The minimum atomic E-state index is -4.21. The molecule has 65 valence electrons. The first-order valence-electron chi connectivity index (χ1n) is 3.23. The third-order valence-corrected chi connectivity index (χ3v) is 0.986. The van der Waals surface area contributed by atoms with E-state index in [4.69, 9.17) is 0 Å². The summed E-state index contributed by atoms with van der Waals surface area (Å²) in [5, 5.41) is 3.17. The van der Waals surface area contributed by atoms with Gasteiger partial charge in [-0.15, -0.1) is 0 Å². The summed E-state index contributed by atoms with van der Waals surface area (Å²) in [4.78, 5) is 10.4. The first-order valence-corrected chi connectivity index (χ1v) is 3.23. The van der Waals surface area contributed by atoms with E-state index in [1.807, 2.05) is 0 Å². The van der Waals surface area contributed by atoms with Crippen molar-refractivity contribution in [3.8, 4) is 0 Å². The highest BCUT2D eigenvalue weighted by atomic mass is 19.4. The molecule has 0 spiro atoms. The number of halogens is 3. The molecule has 0 N–H and O–H groups in total. The Balaban J connectivity index is 3.35. The highest BCUT2D eigenvalue weighted by molar-refractivity contribution is 5.75.